The highest BCUT2D eigenvalue weighted by Gasteiger charge is 2.54. The molecule has 29 heavy (non-hydrogen) atoms. The van der Waals surface area contributed by atoms with Crippen LogP contribution in [0.1, 0.15) is 41.5 Å². The van der Waals surface area contributed by atoms with E-state index in [1.54, 1.807) is 41.5 Å². The van der Waals surface area contributed by atoms with Gasteiger partial charge in [0.1, 0.15) is 0 Å². The predicted molar refractivity (Wildman–Crippen MR) is 104 cm³/mol. The number of hydrogen-bond donors (Lipinski definition) is 0. The van der Waals surface area contributed by atoms with E-state index < -0.39 is 71.1 Å². The Hall–Kier alpha value is -1.68. The minimum atomic E-state index is -1.38. The molecule has 9 nitrogen and oxygen atoms in total. The van der Waals surface area contributed by atoms with Gasteiger partial charge in [-0.25, -0.2) is 4.79 Å². The maximum atomic E-state index is 12.3. The summed E-state index contributed by atoms with van der Waals surface area (Å²) in [5.74, 6) is -4.14. The second-order valence-corrected chi connectivity index (χ2v) is 8.50. The van der Waals surface area contributed by atoms with E-state index in [0.717, 1.165) is 7.11 Å². The van der Waals surface area contributed by atoms with Crippen LogP contribution in [-0.4, -0.2) is 60.4 Å². The molecule has 0 amide bonds. The van der Waals surface area contributed by atoms with E-state index in [1.807, 2.05) is 0 Å². The Kier molecular flexibility index (Phi) is 9.54. The van der Waals surface area contributed by atoms with Crippen molar-refractivity contribution < 1.29 is 42.9 Å². The third-order valence-corrected chi connectivity index (χ3v) is 4.82. The van der Waals surface area contributed by atoms with E-state index >= 15 is 0 Å². The number of esters is 4. The number of hydrogen-bond acceptors (Lipinski definition) is 9. The van der Waals surface area contributed by atoms with Gasteiger partial charge in [-0.2, -0.15) is 0 Å². The first-order chi connectivity index (χ1) is 13.4. The number of halogens is 1. The second kappa shape index (κ2) is 10.9. The van der Waals surface area contributed by atoms with E-state index in [9.17, 15) is 19.2 Å². The van der Waals surface area contributed by atoms with Crippen molar-refractivity contribution in [1.29, 1.82) is 0 Å². The number of ether oxygens (including phenoxy) is 5. The normalized spacial score (nSPS) is 26.9. The van der Waals surface area contributed by atoms with Crippen molar-refractivity contribution in [1.82, 2.24) is 0 Å². The third kappa shape index (κ3) is 6.67. The lowest BCUT2D eigenvalue weighted by molar-refractivity contribution is -0.238. The van der Waals surface area contributed by atoms with Gasteiger partial charge in [-0.3, -0.25) is 14.4 Å². The van der Waals surface area contributed by atoms with Crippen LogP contribution in [0.15, 0.2) is 0 Å². The molecule has 1 saturated heterocycles. The topological polar surface area (TPSA) is 114 Å². The summed E-state index contributed by atoms with van der Waals surface area (Å²) in [6, 6.07) is 0. The number of carbonyl (C=O) groups is 4. The van der Waals surface area contributed by atoms with Crippen molar-refractivity contribution in [2.75, 3.05) is 7.11 Å². The van der Waals surface area contributed by atoms with Crippen LogP contribution in [0.2, 0.25) is 0 Å². The molecule has 1 aliphatic heterocycles. The quantitative estimate of drug-likeness (QED) is 0.306. The van der Waals surface area contributed by atoms with Crippen molar-refractivity contribution in [3.05, 3.63) is 0 Å². The van der Waals surface area contributed by atoms with E-state index in [2.05, 4.69) is 15.9 Å². The molecule has 1 aliphatic rings. The Labute approximate surface area is 178 Å². The van der Waals surface area contributed by atoms with Gasteiger partial charge < -0.3 is 23.7 Å². The summed E-state index contributed by atoms with van der Waals surface area (Å²) in [6.45, 7) is 9.73. The highest BCUT2D eigenvalue weighted by atomic mass is 79.9. The van der Waals surface area contributed by atoms with Crippen molar-refractivity contribution >= 4 is 39.8 Å². The fourth-order valence-corrected chi connectivity index (χ4v) is 2.94. The maximum absolute atomic E-state index is 12.3. The summed E-state index contributed by atoms with van der Waals surface area (Å²) in [6.07, 6.45) is -5.18. The lowest BCUT2D eigenvalue weighted by Crippen LogP contribution is -2.62. The molecule has 0 saturated carbocycles. The molecule has 0 spiro atoms. The Morgan fingerprint density at radius 2 is 1.10 bits per heavy atom. The van der Waals surface area contributed by atoms with Gasteiger partial charge in [-0.15, -0.1) is 0 Å². The summed E-state index contributed by atoms with van der Waals surface area (Å²) >= 11 is 3.22. The van der Waals surface area contributed by atoms with Crippen LogP contribution in [0, 0.1) is 17.8 Å². The number of methoxy groups -OCH3 is 1. The van der Waals surface area contributed by atoms with Gasteiger partial charge in [-0.1, -0.05) is 57.5 Å². The van der Waals surface area contributed by atoms with Crippen molar-refractivity contribution in [2.24, 2.45) is 17.8 Å². The SMILES string of the molecule is COC(=O)[C@H]1O[C@H](Br)[C@H](OC(=O)C(C)C)[C@@H](OC(=O)C(C)C)[C@@H]1OC(=O)C(C)C. The monoisotopic (exact) mass is 480 g/mol. The molecular formula is C19H29BrO9. The maximum Gasteiger partial charge on any atom is 0.339 e. The largest absolute Gasteiger partial charge is 0.467 e. The first kappa shape index (κ1) is 25.4. The minimum absolute atomic E-state index is 0.467. The fraction of sp³-hybridized carbons (Fsp3) is 0.789. The highest BCUT2D eigenvalue weighted by Crippen LogP contribution is 2.33. The van der Waals surface area contributed by atoms with E-state index in [0.29, 0.717) is 0 Å². The fourth-order valence-electron chi connectivity index (χ4n) is 2.30. The molecule has 1 heterocycles. The van der Waals surface area contributed by atoms with Crippen molar-refractivity contribution in [2.45, 2.75) is 71.0 Å². The summed E-state index contributed by atoms with van der Waals surface area (Å²) in [5, 5.41) is -1.01. The van der Waals surface area contributed by atoms with Gasteiger partial charge >= 0.3 is 23.9 Å². The molecule has 0 bridgehead atoms. The Morgan fingerprint density at radius 1 is 0.724 bits per heavy atom. The average Bonchev–Trinajstić information content (AvgIpc) is 2.64. The molecule has 0 aromatic rings. The lowest BCUT2D eigenvalue weighted by Gasteiger charge is -2.42. The number of carbonyl (C=O) groups excluding carboxylic acids is 4. The summed E-state index contributed by atoms with van der Waals surface area (Å²) < 4.78 is 26.8. The summed E-state index contributed by atoms with van der Waals surface area (Å²) in [7, 11) is 1.15. The Balaban J connectivity index is 3.37. The number of alkyl halides is 1. The molecule has 0 aromatic heterocycles. The molecule has 0 N–H and O–H groups in total. The highest BCUT2D eigenvalue weighted by molar-refractivity contribution is 9.09. The van der Waals surface area contributed by atoms with E-state index in [-0.39, 0.29) is 0 Å². The molecule has 166 valence electrons. The summed E-state index contributed by atoms with van der Waals surface area (Å²) in [4.78, 5) is 49.0. The predicted octanol–water partition coefficient (Wildman–Crippen LogP) is 1.98. The summed E-state index contributed by atoms with van der Waals surface area (Å²) in [5.41, 5.74) is 0. The molecule has 1 fully saturated rings. The zero-order chi connectivity index (χ0) is 22.5. The van der Waals surface area contributed by atoms with Crippen LogP contribution in [0.3, 0.4) is 0 Å². The molecule has 10 heteroatoms. The van der Waals surface area contributed by atoms with Crippen LogP contribution >= 0.6 is 15.9 Å². The lowest BCUT2D eigenvalue weighted by atomic mass is 9.98. The third-order valence-electron chi connectivity index (χ3n) is 4.09. The average molecular weight is 481 g/mol. The molecule has 1 rings (SSSR count). The molecule has 0 aromatic carbocycles. The Morgan fingerprint density at radius 3 is 1.48 bits per heavy atom. The van der Waals surface area contributed by atoms with Crippen molar-refractivity contribution in [3.63, 3.8) is 0 Å². The van der Waals surface area contributed by atoms with Crippen LogP contribution in [0.25, 0.3) is 0 Å². The van der Waals surface area contributed by atoms with Crippen LogP contribution < -0.4 is 0 Å². The van der Waals surface area contributed by atoms with E-state index in [4.69, 9.17) is 23.7 Å². The zero-order valence-corrected chi connectivity index (χ0v) is 19.3. The molecular weight excluding hydrogens is 452 g/mol. The van der Waals surface area contributed by atoms with Crippen LogP contribution in [0.5, 0.6) is 0 Å². The van der Waals surface area contributed by atoms with Gasteiger partial charge in [0.15, 0.2) is 29.4 Å². The van der Waals surface area contributed by atoms with Crippen molar-refractivity contribution in [3.8, 4) is 0 Å². The molecule has 0 radical (unpaired) electrons. The minimum Gasteiger partial charge on any atom is -0.467 e. The van der Waals surface area contributed by atoms with Gasteiger partial charge in [-0.05, 0) is 0 Å². The molecule has 0 unspecified atom stereocenters. The molecule has 0 aliphatic carbocycles. The number of rotatable bonds is 7. The van der Waals surface area contributed by atoms with E-state index in [1.165, 1.54) is 0 Å². The van der Waals surface area contributed by atoms with Gasteiger partial charge in [0, 0.05) is 0 Å². The first-order valence-electron chi connectivity index (χ1n) is 9.39. The van der Waals surface area contributed by atoms with Gasteiger partial charge in [0.25, 0.3) is 0 Å². The smallest absolute Gasteiger partial charge is 0.339 e. The van der Waals surface area contributed by atoms with Gasteiger partial charge in [0.2, 0.25) is 0 Å². The van der Waals surface area contributed by atoms with Crippen LogP contribution in [-0.2, 0) is 42.9 Å². The molecule has 5 atom stereocenters. The van der Waals surface area contributed by atoms with Gasteiger partial charge in [0.05, 0.1) is 24.9 Å². The second-order valence-electron chi connectivity index (χ2n) is 7.60. The first-order valence-corrected chi connectivity index (χ1v) is 10.3. The van der Waals surface area contributed by atoms with Crippen LogP contribution in [0.4, 0.5) is 0 Å². The Bertz CT molecular complexity index is 617. The zero-order valence-electron chi connectivity index (χ0n) is 17.7. The standard InChI is InChI=1S/C19H29BrO9/c1-8(2)16(21)27-11-12(28-17(22)9(3)4)14(19(24)25-7)26-15(20)13(11)29-18(23)10(5)6/h8-15H,1-7H3/t11-,12-,13+,14-,15-/m0/s1.